The predicted octanol–water partition coefficient (Wildman–Crippen LogP) is 4.40. The van der Waals surface area contributed by atoms with Gasteiger partial charge in [0.2, 0.25) is 0 Å². The fourth-order valence-electron chi connectivity index (χ4n) is 2.09. The van der Waals surface area contributed by atoms with Crippen LogP contribution in [0.25, 0.3) is 0 Å². The van der Waals surface area contributed by atoms with Crippen molar-refractivity contribution in [3.63, 3.8) is 0 Å². The Bertz CT molecular complexity index is 623. The monoisotopic (exact) mass is 350 g/mol. The summed E-state index contributed by atoms with van der Waals surface area (Å²) in [4.78, 5) is 0. The van der Waals surface area contributed by atoms with Gasteiger partial charge in [0.15, 0.2) is 0 Å². The van der Waals surface area contributed by atoms with Gasteiger partial charge in [0.1, 0.15) is 18.1 Å². The van der Waals surface area contributed by atoms with Gasteiger partial charge in [-0.2, -0.15) is 0 Å². The number of methoxy groups -OCH3 is 1. The molecule has 0 saturated heterocycles. The molecule has 0 saturated carbocycles. The van der Waals surface area contributed by atoms with Crippen molar-refractivity contribution >= 4 is 15.9 Å². The van der Waals surface area contributed by atoms with Crippen LogP contribution in [0.4, 0.5) is 0 Å². The molecule has 0 heterocycles. The maximum absolute atomic E-state index is 9.83. The summed E-state index contributed by atoms with van der Waals surface area (Å²) >= 11 is 3.46. The molecular formula is C17H19BrO3. The van der Waals surface area contributed by atoms with Gasteiger partial charge in [0.05, 0.1) is 17.7 Å². The van der Waals surface area contributed by atoms with Crippen LogP contribution in [-0.4, -0.2) is 12.2 Å². The van der Waals surface area contributed by atoms with Crippen LogP contribution in [0, 0.1) is 6.92 Å². The lowest BCUT2D eigenvalue weighted by atomic mass is 10.1. The second-order valence-electron chi connectivity index (χ2n) is 4.97. The van der Waals surface area contributed by atoms with Crippen molar-refractivity contribution in [3.8, 4) is 11.5 Å². The Morgan fingerprint density at radius 3 is 2.48 bits per heavy atom. The number of halogens is 1. The highest BCUT2D eigenvalue weighted by Crippen LogP contribution is 2.29. The molecule has 0 aliphatic heterocycles. The average molecular weight is 351 g/mol. The van der Waals surface area contributed by atoms with E-state index in [9.17, 15) is 5.11 Å². The van der Waals surface area contributed by atoms with Crippen molar-refractivity contribution < 1.29 is 14.6 Å². The van der Waals surface area contributed by atoms with Crippen molar-refractivity contribution in [1.29, 1.82) is 0 Å². The third-order valence-corrected chi connectivity index (χ3v) is 3.85. The van der Waals surface area contributed by atoms with Crippen molar-refractivity contribution in [2.75, 3.05) is 7.11 Å². The molecule has 0 aromatic heterocycles. The molecule has 2 aromatic rings. The minimum Gasteiger partial charge on any atom is -0.496 e. The zero-order valence-electron chi connectivity index (χ0n) is 12.4. The number of hydrogen-bond acceptors (Lipinski definition) is 3. The summed E-state index contributed by atoms with van der Waals surface area (Å²) in [5.41, 5.74) is 2.94. The van der Waals surface area contributed by atoms with E-state index in [1.807, 2.05) is 43.3 Å². The number of hydrogen-bond donors (Lipinski definition) is 1. The first-order valence-electron chi connectivity index (χ1n) is 6.75. The van der Waals surface area contributed by atoms with Gasteiger partial charge in [-0.15, -0.1) is 0 Å². The van der Waals surface area contributed by atoms with Crippen LogP contribution in [0.5, 0.6) is 11.5 Å². The number of benzene rings is 2. The highest BCUT2D eigenvalue weighted by molar-refractivity contribution is 9.10. The Balaban J connectivity index is 2.15. The number of aliphatic hydroxyl groups excluding tert-OH is 1. The molecule has 1 atom stereocenters. The van der Waals surface area contributed by atoms with E-state index in [0.717, 1.165) is 26.9 Å². The van der Waals surface area contributed by atoms with Crippen molar-refractivity contribution in [3.05, 3.63) is 57.6 Å². The Morgan fingerprint density at radius 1 is 1.14 bits per heavy atom. The summed E-state index contributed by atoms with van der Waals surface area (Å²) < 4.78 is 11.9. The van der Waals surface area contributed by atoms with Crippen LogP contribution < -0.4 is 9.47 Å². The van der Waals surface area contributed by atoms with Crippen LogP contribution in [0.3, 0.4) is 0 Å². The fraction of sp³-hybridized carbons (Fsp3) is 0.294. The van der Waals surface area contributed by atoms with Gasteiger partial charge in [-0.3, -0.25) is 0 Å². The van der Waals surface area contributed by atoms with E-state index in [-0.39, 0.29) is 0 Å². The molecule has 112 valence electrons. The van der Waals surface area contributed by atoms with Crippen LogP contribution in [0.2, 0.25) is 0 Å². The van der Waals surface area contributed by atoms with Gasteiger partial charge in [-0.25, -0.2) is 0 Å². The number of aryl methyl sites for hydroxylation is 1. The average Bonchev–Trinajstić information content (AvgIpc) is 2.46. The van der Waals surface area contributed by atoms with E-state index in [1.54, 1.807) is 14.0 Å². The van der Waals surface area contributed by atoms with Gasteiger partial charge < -0.3 is 14.6 Å². The number of aliphatic hydroxyl groups is 1. The fourth-order valence-corrected chi connectivity index (χ4v) is 2.67. The minimum absolute atomic E-state index is 0.436. The van der Waals surface area contributed by atoms with Crippen LogP contribution >= 0.6 is 15.9 Å². The summed E-state index contributed by atoms with van der Waals surface area (Å²) in [5.74, 6) is 1.50. The zero-order valence-corrected chi connectivity index (χ0v) is 14.0. The summed E-state index contributed by atoms with van der Waals surface area (Å²) in [5, 5.41) is 9.83. The van der Waals surface area contributed by atoms with Gasteiger partial charge in [-0.1, -0.05) is 17.7 Å². The first-order chi connectivity index (χ1) is 10.0. The molecular weight excluding hydrogens is 332 g/mol. The van der Waals surface area contributed by atoms with Crippen LogP contribution in [-0.2, 0) is 6.61 Å². The van der Waals surface area contributed by atoms with Gasteiger partial charge in [0.25, 0.3) is 0 Å². The number of ether oxygens (including phenoxy) is 2. The molecule has 0 fully saturated rings. The maximum atomic E-state index is 9.83. The molecule has 2 aromatic carbocycles. The van der Waals surface area contributed by atoms with E-state index >= 15 is 0 Å². The Kier molecular flexibility index (Phi) is 5.26. The van der Waals surface area contributed by atoms with E-state index in [1.165, 1.54) is 0 Å². The summed E-state index contributed by atoms with van der Waals surface area (Å²) in [6.45, 7) is 4.17. The molecule has 3 nitrogen and oxygen atoms in total. The van der Waals surface area contributed by atoms with Gasteiger partial charge in [0, 0.05) is 5.56 Å². The smallest absolute Gasteiger partial charge is 0.133 e. The molecule has 0 aliphatic rings. The molecule has 21 heavy (non-hydrogen) atoms. The highest BCUT2D eigenvalue weighted by atomic mass is 79.9. The Hall–Kier alpha value is -1.52. The molecule has 0 unspecified atom stereocenters. The predicted molar refractivity (Wildman–Crippen MR) is 86.8 cm³/mol. The highest BCUT2D eigenvalue weighted by Gasteiger charge is 2.10. The molecule has 0 aliphatic carbocycles. The minimum atomic E-state index is -0.553. The van der Waals surface area contributed by atoms with Crippen molar-refractivity contribution in [2.24, 2.45) is 0 Å². The SMILES string of the molecule is COc1ccc(COc2ccc(C)cc2[C@H](C)O)cc1Br. The Labute approximate surface area is 133 Å². The molecule has 0 radical (unpaired) electrons. The van der Waals surface area contributed by atoms with Gasteiger partial charge >= 0.3 is 0 Å². The first kappa shape index (κ1) is 15.9. The molecule has 2 rings (SSSR count). The second-order valence-corrected chi connectivity index (χ2v) is 5.83. The third-order valence-electron chi connectivity index (χ3n) is 3.23. The summed E-state index contributed by atoms with van der Waals surface area (Å²) in [6, 6.07) is 11.6. The maximum Gasteiger partial charge on any atom is 0.133 e. The zero-order chi connectivity index (χ0) is 15.4. The van der Waals surface area contributed by atoms with E-state index in [2.05, 4.69) is 15.9 Å². The lowest BCUT2D eigenvalue weighted by molar-refractivity contribution is 0.190. The molecule has 0 amide bonds. The number of rotatable bonds is 5. The van der Waals surface area contributed by atoms with E-state index < -0.39 is 6.10 Å². The third kappa shape index (κ3) is 3.99. The first-order valence-corrected chi connectivity index (χ1v) is 7.54. The quantitative estimate of drug-likeness (QED) is 0.868. The lowest BCUT2D eigenvalue weighted by Crippen LogP contribution is -2.01. The van der Waals surface area contributed by atoms with E-state index in [0.29, 0.717) is 12.4 Å². The lowest BCUT2D eigenvalue weighted by Gasteiger charge is -2.15. The Morgan fingerprint density at radius 2 is 1.86 bits per heavy atom. The summed E-state index contributed by atoms with van der Waals surface area (Å²) in [6.07, 6.45) is -0.553. The summed E-state index contributed by atoms with van der Waals surface area (Å²) in [7, 11) is 1.64. The topological polar surface area (TPSA) is 38.7 Å². The largest absolute Gasteiger partial charge is 0.496 e. The standard InChI is InChI=1S/C17H19BrO3/c1-11-4-6-16(14(8-11)12(2)19)21-10-13-5-7-17(20-3)15(18)9-13/h4-9,12,19H,10H2,1-3H3/t12-/m0/s1. The second kappa shape index (κ2) is 6.96. The van der Waals surface area contributed by atoms with Crippen LogP contribution in [0.15, 0.2) is 40.9 Å². The molecule has 4 heteroatoms. The van der Waals surface area contributed by atoms with Crippen molar-refractivity contribution in [2.45, 2.75) is 26.6 Å². The van der Waals surface area contributed by atoms with Crippen molar-refractivity contribution in [1.82, 2.24) is 0 Å². The van der Waals surface area contributed by atoms with Gasteiger partial charge in [-0.05, 0) is 59.6 Å². The normalized spacial score (nSPS) is 12.0. The molecule has 0 bridgehead atoms. The van der Waals surface area contributed by atoms with Crippen LogP contribution in [0.1, 0.15) is 29.7 Å². The molecule has 0 spiro atoms. The molecule has 1 N–H and O–H groups in total. The van der Waals surface area contributed by atoms with E-state index in [4.69, 9.17) is 9.47 Å².